The van der Waals surface area contributed by atoms with Gasteiger partial charge in [0.25, 0.3) is 9.84 Å². The normalized spacial score (nSPS) is 17.0. The van der Waals surface area contributed by atoms with Crippen LogP contribution < -0.4 is 4.90 Å². The van der Waals surface area contributed by atoms with Crippen LogP contribution in [0.4, 0.5) is 18.9 Å². The quantitative estimate of drug-likeness (QED) is 0.823. The lowest BCUT2D eigenvalue weighted by Gasteiger charge is -2.33. The largest absolute Gasteiger partial charge is 0.501 e. The van der Waals surface area contributed by atoms with Crippen LogP contribution >= 0.6 is 0 Å². The van der Waals surface area contributed by atoms with Crippen LogP contribution in [-0.4, -0.2) is 42.0 Å². The van der Waals surface area contributed by atoms with Crippen molar-refractivity contribution in [3.63, 3.8) is 0 Å². The second kappa shape index (κ2) is 6.66. The molecule has 0 unspecified atom stereocenters. The number of aromatic nitrogens is 3. The minimum Gasteiger partial charge on any atom is -0.372 e. The Bertz CT molecular complexity index is 796. The molecule has 1 aromatic carbocycles. The number of piperidine rings is 1. The molecular weight excluding hydrogens is 357 g/mol. The molecule has 2 aromatic rings. The lowest BCUT2D eigenvalue weighted by molar-refractivity contribution is -0.0436. The topological polar surface area (TPSA) is 68.1 Å². The first-order valence-electron chi connectivity index (χ1n) is 7.78. The molecule has 0 aliphatic carbocycles. The summed E-state index contributed by atoms with van der Waals surface area (Å²) < 4.78 is 62.2. The molecule has 0 spiro atoms. The van der Waals surface area contributed by atoms with Crippen LogP contribution in [0.15, 0.2) is 41.6 Å². The minimum atomic E-state index is -5.30. The highest BCUT2D eigenvalue weighted by molar-refractivity contribution is 7.92. The maximum Gasteiger partial charge on any atom is 0.501 e. The summed E-state index contributed by atoms with van der Waals surface area (Å²) in [5.41, 5.74) is -4.56. The smallest absolute Gasteiger partial charge is 0.372 e. The number of benzene rings is 1. The van der Waals surface area contributed by atoms with Gasteiger partial charge in [0, 0.05) is 31.5 Å². The molecule has 2 heterocycles. The van der Waals surface area contributed by atoms with Gasteiger partial charge in [-0.25, -0.2) is 8.42 Å². The molecule has 1 fully saturated rings. The third-order valence-corrected chi connectivity index (χ3v) is 5.85. The number of sulfone groups is 1. The number of anilines is 1. The molecule has 1 aliphatic rings. The van der Waals surface area contributed by atoms with Gasteiger partial charge in [0.15, 0.2) is 0 Å². The summed E-state index contributed by atoms with van der Waals surface area (Å²) in [6, 6.07) is 4.88. The summed E-state index contributed by atoms with van der Waals surface area (Å²) in [7, 11) is -5.30. The molecule has 10 heteroatoms. The van der Waals surface area contributed by atoms with Crippen molar-refractivity contribution < 1.29 is 21.6 Å². The zero-order chi connectivity index (χ0) is 18.1. The molecule has 1 saturated heterocycles. The van der Waals surface area contributed by atoms with E-state index in [0.29, 0.717) is 5.92 Å². The van der Waals surface area contributed by atoms with Crippen molar-refractivity contribution in [1.29, 1.82) is 0 Å². The average molecular weight is 374 g/mol. The highest BCUT2D eigenvalue weighted by Gasteiger charge is 2.46. The molecule has 0 radical (unpaired) electrons. The Morgan fingerprint density at radius 1 is 1.12 bits per heavy atom. The SMILES string of the molecule is O=S(=O)(c1ccc(N2CCC(Cn3ccnn3)CC2)cc1)C(F)(F)F. The van der Waals surface area contributed by atoms with Crippen molar-refractivity contribution in [3.8, 4) is 0 Å². The molecule has 0 N–H and O–H groups in total. The number of hydrogen-bond donors (Lipinski definition) is 0. The molecule has 0 atom stereocenters. The van der Waals surface area contributed by atoms with Crippen molar-refractivity contribution >= 4 is 15.5 Å². The van der Waals surface area contributed by atoms with Crippen molar-refractivity contribution in [3.05, 3.63) is 36.7 Å². The lowest BCUT2D eigenvalue weighted by atomic mass is 9.96. The van der Waals surface area contributed by atoms with Gasteiger partial charge in [-0.15, -0.1) is 5.10 Å². The predicted molar refractivity (Wildman–Crippen MR) is 84.6 cm³/mol. The number of nitrogens with zero attached hydrogens (tertiary/aromatic N) is 4. The van der Waals surface area contributed by atoms with Crippen molar-refractivity contribution in [2.24, 2.45) is 5.92 Å². The predicted octanol–water partition coefficient (Wildman–Crippen LogP) is 2.49. The molecule has 0 bridgehead atoms. The van der Waals surface area contributed by atoms with Crippen LogP contribution in [0.1, 0.15) is 12.8 Å². The zero-order valence-corrected chi connectivity index (χ0v) is 14.0. The van der Waals surface area contributed by atoms with Gasteiger partial charge in [-0.05, 0) is 43.0 Å². The highest BCUT2D eigenvalue weighted by Crippen LogP contribution is 2.32. The van der Waals surface area contributed by atoms with E-state index in [1.165, 1.54) is 12.1 Å². The maximum absolute atomic E-state index is 12.6. The van der Waals surface area contributed by atoms with Crippen LogP contribution in [-0.2, 0) is 16.4 Å². The third-order valence-electron chi connectivity index (χ3n) is 4.35. The van der Waals surface area contributed by atoms with Crippen LogP contribution in [0.25, 0.3) is 0 Å². The third kappa shape index (κ3) is 3.78. The zero-order valence-electron chi connectivity index (χ0n) is 13.2. The first kappa shape index (κ1) is 17.7. The summed E-state index contributed by atoms with van der Waals surface area (Å²) in [4.78, 5) is 1.31. The Hall–Kier alpha value is -2.10. The maximum atomic E-state index is 12.6. The van der Waals surface area contributed by atoms with E-state index < -0.39 is 20.2 Å². The van der Waals surface area contributed by atoms with Crippen LogP contribution in [0, 0.1) is 5.92 Å². The molecule has 0 amide bonds. The Balaban J connectivity index is 1.62. The van der Waals surface area contributed by atoms with E-state index >= 15 is 0 Å². The fourth-order valence-electron chi connectivity index (χ4n) is 2.94. The van der Waals surface area contributed by atoms with Gasteiger partial charge in [-0.2, -0.15) is 13.2 Å². The fourth-order valence-corrected chi connectivity index (χ4v) is 3.70. The number of rotatable bonds is 4. The summed E-state index contributed by atoms with van der Waals surface area (Å²) in [6.07, 6.45) is 5.28. The Kier molecular flexibility index (Phi) is 4.72. The van der Waals surface area contributed by atoms with Crippen molar-refractivity contribution in [2.75, 3.05) is 18.0 Å². The second-order valence-electron chi connectivity index (χ2n) is 6.00. The Morgan fingerprint density at radius 2 is 1.76 bits per heavy atom. The van der Waals surface area contributed by atoms with E-state index in [-0.39, 0.29) is 0 Å². The average Bonchev–Trinajstić information content (AvgIpc) is 3.08. The molecule has 1 aliphatic heterocycles. The number of alkyl halides is 3. The van der Waals surface area contributed by atoms with E-state index in [4.69, 9.17) is 0 Å². The fraction of sp³-hybridized carbons (Fsp3) is 0.467. The molecule has 1 aromatic heterocycles. The summed E-state index contributed by atoms with van der Waals surface area (Å²) in [5.74, 6) is 0.461. The first-order valence-corrected chi connectivity index (χ1v) is 9.26. The number of halogens is 3. The lowest BCUT2D eigenvalue weighted by Crippen LogP contribution is -2.35. The molecule has 6 nitrogen and oxygen atoms in total. The van der Waals surface area contributed by atoms with E-state index in [1.807, 2.05) is 11.1 Å². The second-order valence-corrected chi connectivity index (χ2v) is 7.94. The van der Waals surface area contributed by atoms with Crippen LogP contribution in [0.3, 0.4) is 0 Å². The van der Waals surface area contributed by atoms with Crippen LogP contribution in [0.2, 0.25) is 0 Å². The first-order chi connectivity index (χ1) is 11.8. The monoisotopic (exact) mass is 374 g/mol. The van der Waals surface area contributed by atoms with Crippen molar-refractivity contribution in [1.82, 2.24) is 15.0 Å². The van der Waals surface area contributed by atoms with E-state index in [2.05, 4.69) is 10.3 Å². The standard InChI is InChI=1S/C15H17F3N4O2S/c16-15(17,18)25(23,24)14-3-1-13(2-4-14)21-8-5-12(6-9-21)11-22-10-7-19-20-22/h1-4,7,10,12H,5-6,8-9,11H2. The molecule has 3 rings (SSSR count). The van der Waals surface area contributed by atoms with E-state index in [1.54, 1.807) is 10.9 Å². The van der Waals surface area contributed by atoms with Crippen LogP contribution in [0.5, 0.6) is 0 Å². The molecule has 0 saturated carbocycles. The van der Waals surface area contributed by atoms with Crippen molar-refractivity contribution in [2.45, 2.75) is 29.8 Å². The summed E-state index contributed by atoms with van der Waals surface area (Å²) in [6.45, 7) is 2.30. The molecule has 136 valence electrons. The Morgan fingerprint density at radius 3 is 2.28 bits per heavy atom. The molecular formula is C15H17F3N4O2S. The van der Waals surface area contributed by atoms with Gasteiger partial charge in [-0.1, -0.05) is 5.21 Å². The highest BCUT2D eigenvalue weighted by atomic mass is 32.2. The van der Waals surface area contributed by atoms with Gasteiger partial charge >= 0.3 is 5.51 Å². The minimum absolute atomic E-state index is 0.461. The van der Waals surface area contributed by atoms with Gasteiger partial charge in [0.2, 0.25) is 0 Å². The van der Waals surface area contributed by atoms with E-state index in [0.717, 1.165) is 50.3 Å². The number of hydrogen-bond acceptors (Lipinski definition) is 5. The van der Waals surface area contributed by atoms with Gasteiger partial charge < -0.3 is 4.90 Å². The van der Waals surface area contributed by atoms with Gasteiger partial charge in [0.05, 0.1) is 11.1 Å². The Labute approximate surface area is 143 Å². The molecule has 25 heavy (non-hydrogen) atoms. The summed E-state index contributed by atoms with van der Waals surface area (Å²) >= 11 is 0. The van der Waals surface area contributed by atoms with Gasteiger partial charge in [-0.3, -0.25) is 4.68 Å². The van der Waals surface area contributed by atoms with Gasteiger partial charge in [0.1, 0.15) is 0 Å². The summed E-state index contributed by atoms with van der Waals surface area (Å²) in [5, 5.41) is 7.71. The van der Waals surface area contributed by atoms with E-state index in [9.17, 15) is 21.6 Å².